The van der Waals surface area contributed by atoms with E-state index in [4.69, 9.17) is 9.31 Å². The lowest BCUT2D eigenvalue weighted by atomic mass is 9.79. The summed E-state index contributed by atoms with van der Waals surface area (Å²) in [5.41, 5.74) is -0.464. The molecule has 0 amide bonds. The lowest BCUT2D eigenvalue weighted by Gasteiger charge is -2.32. The third-order valence-electron chi connectivity index (χ3n) is 3.57. The maximum absolute atomic E-state index is 14.2. The summed E-state index contributed by atoms with van der Waals surface area (Å²) in [6, 6.07) is 3.53. The van der Waals surface area contributed by atoms with Gasteiger partial charge in [0.25, 0.3) is 0 Å². The summed E-state index contributed by atoms with van der Waals surface area (Å²) in [5, 5.41) is 0. The molecule has 1 saturated heterocycles. The standard InChI is InChI=1S/C12H14BBrFIO2/c1-11(2)12(3,4)18-13(17-11)9-8(16)6-5-7(14)10(9)15/h5-6H,1-4H3. The van der Waals surface area contributed by atoms with Crippen molar-refractivity contribution in [3.63, 3.8) is 0 Å². The van der Waals surface area contributed by atoms with Crippen LogP contribution in [0.1, 0.15) is 27.7 Å². The second-order valence-corrected chi connectivity index (χ2v) is 7.36. The van der Waals surface area contributed by atoms with E-state index in [0.717, 1.165) is 3.57 Å². The Labute approximate surface area is 129 Å². The van der Waals surface area contributed by atoms with Gasteiger partial charge < -0.3 is 9.31 Å². The predicted molar refractivity (Wildman–Crippen MR) is 82.5 cm³/mol. The Morgan fingerprint density at radius 1 is 1.17 bits per heavy atom. The van der Waals surface area contributed by atoms with Crippen LogP contribution in [0, 0.1) is 9.39 Å². The van der Waals surface area contributed by atoms with E-state index in [1.807, 2.05) is 33.8 Å². The van der Waals surface area contributed by atoms with Crippen molar-refractivity contribution >= 4 is 51.1 Å². The van der Waals surface area contributed by atoms with Gasteiger partial charge in [0.15, 0.2) is 0 Å². The summed E-state index contributed by atoms with van der Waals surface area (Å²) < 4.78 is 27.2. The van der Waals surface area contributed by atoms with Crippen LogP contribution in [0.4, 0.5) is 4.39 Å². The van der Waals surface area contributed by atoms with Crippen LogP contribution in [0.15, 0.2) is 16.6 Å². The Balaban J connectivity index is 2.44. The second-order valence-electron chi connectivity index (χ2n) is 5.35. The highest BCUT2D eigenvalue weighted by molar-refractivity contribution is 14.1. The molecule has 0 bridgehead atoms. The van der Waals surface area contributed by atoms with Gasteiger partial charge in [-0.2, -0.15) is 0 Å². The van der Waals surface area contributed by atoms with Crippen LogP contribution in [0.3, 0.4) is 0 Å². The molecule has 18 heavy (non-hydrogen) atoms. The molecule has 1 aromatic rings. The Hall–Kier alpha value is 0.345. The number of rotatable bonds is 1. The van der Waals surface area contributed by atoms with Crippen molar-refractivity contribution < 1.29 is 13.7 Å². The van der Waals surface area contributed by atoms with Crippen LogP contribution in [-0.4, -0.2) is 18.3 Å². The first-order valence-electron chi connectivity index (χ1n) is 5.65. The molecule has 0 unspecified atom stereocenters. The van der Waals surface area contributed by atoms with Crippen LogP contribution < -0.4 is 5.46 Å². The first kappa shape index (κ1) is 14.7. The van der Waals surface area contributed by atoms with Crippen LogP contribution in [-0.2, 0) is 9.31 Å². The fourth-order valence-electron chi connectivity index (χ4n) is 1.72. The van der Waals surface area contributed by atoms with Gasteiger partial charge in [-0.05, 0) is 78.3 Å². The molecular formula is C12H14BBrFIO2. The van der Waals surface area contributed by atoms with Crippen LogP contribution in [0.25, 0.3) is 0 Å². The van der Waals surface area contributed by atoms with Crippen molar-refractivity contribution in [1.82, 2.24) is 0 Å². The van der Waals surface area contributed by atoms with Crippen molar-refractivity contribution in [2.45, 2.75) is 38.9 Å². The average Bonchev–Trinajstić information content (AvgIpc) is 2.43. The first-order chi connectivity index (χ1) is 8.16. The molecule has 1 aromatic carbocycles. The van der Waals surface area contributed by atoms with E-state index in [-0.39, 0.29) is 5.82 Å². The van der Waals surface area contributed by atoms with Gasteiger partial charge in [0, 0.05) is 9.03 Å². The summed E-state index contributed by atoms with van der Waals surface area (Å²) in [4.78, 5) is 0. The maximum atomic E-state index is 14.2. The van der Waals surface area contributed by atoms with Gasteiger partial charge in [0.2, 0.25) is 0 Å². The molecule has 0 aliphatic carbocycles. The fraction of sp³-hybridized carbons (Fsp3) is 0.500. The van der Waals surface area contributed by atoms with Crippen LogP contribution >= 0.6 is 38.5 Å². The minimum Gasteiger partial charge on any atom is -0.399 e. The van der Waals surface area contributed by atoms with Gasteiger partial charge >= 0.3 is 7.12 Å². The highest BCUT2D eigenvalue weighted by Gasteiger charge is 2.53. The Kier molecular flexibility index (Phi) is 3.86. The number of hydrogen-bond acceptors (Lipinski definition) is 2. The van der Waals surface area contributed by atoms with Gasteiger partial charge in [-0.25, -0.2) is 4.39 Å². The zero-order chi connectivity index (χ0) is 13.7. The molecule has 2 nitrogen and oxygen atoms in total. The first-order valence-corrected chi connectivity index (χ1v) is 7.52. The maximum Gasteiger partial charge on any atom is 0.498 e. The van der Waals surface area contributed by atoms with Crippen molar-refractivity contribution in [2.75, 3.05) is 0 Å². The molecule has 0 saturated carbocycles. The monoisotopic (exact) mass is 426 g/mol. The fourth-order valence-corrected chi connectivity index (χ4v) is 2.74. The lowest BCUT2D eigenvalue weighted by Crippen LogP contribution is -2.41. The smallest absolute Gasteiger partial charge is 0.399 e. The van der Waals surface area contributed by atoms with Gasteiger partial charge in [-0.3, -0.25) is 0 Å². The minimum absolute atomic E-state index is 0.319. The Morgan fingerprint density at radius 2 is 1.67 bits per heavy atom. The Morgan fingerprint density at radius 3 is 2.17 bits per heavy atom. The van der Waals surface area contributed by atoms with E-state index in [9.17, 15) is 4.39 Å². The molecule has 0 spiro atoms. The molecule has 1 heterocycles. The molecule has 1 fully saturated rings. The molecule has 1 aliphatic rings. The zero-order valence-corrected chi connectivity index (χ0v) is 14.4. The number of hydrogen-bond donors (Lipinski definition) is 0. The number of benzene rings is 1. The summed E-state index contributed by atoms with van der Waals surface area (Å²) in [6.07, 6.45) is 0. The molecule has 98 valence electrons. The zero-order valence-electron chi connectivity index (χ0n) is 10.7. The summed E-state index contributed by atoms with van der Waals surface area (Å²) >= 11 is 5.29. The van der Waals surface area contributed by atoms with Crippen molar-refractivity contribution in [3.8, 4) is 0 Å². The average molecular weight is 427 g/mol. The predicted octanol–water partition coefficient (Wildman–Crippen LogP) is 3.49. The molecular weight excluding hydrogens is 413 g/mol. The molecule has 0 atom stereocenters. The molecule has 2 rings (SSSR count). The Bertz CT molecular complexity index is 477. The van der Waals surface area contributed by atoms with Crippen molar-refractivity contribution in [1.29, 1.82) is 0 Å². The highest BCUT2D eigenvalue weighted by atomic mass is 127. The van der Waals surface area contributed by atoms with Gasteiger partial charge in [0.05, 0.1) is 15.7 Å². The lowest BCUT2D eigenvalue weighted by molar-refractivity contribution is 0.00578. The number of halogens is 3. The summed E-state index contributed by atoms with van der Waals surface area (Å²) in [7, 11) is -0.667. The minimum atomic E-state index is -0.667. The normalized spacial score (nSPS) is 21.4. The van der Waals surface area contributed by atoms with Crippen LogP contribution in [0.2, 0.25) is 0 Å². The third-order valence-corrected chi connectivity index (χ3v) is 5.12. The SMILES string of the molecule is CC1(C)OB(c2c(I)ccc(Br)c2F)OC1(C)C. The van der Waals surface area contributed by atoms with E-state index < -0.39 is 18.3 Å². The van der Waals surface area contributed by atoms with Gasteiger partial charge in [0.1, 0.15) is 5.82 Å². The summed E-state index contributed by atoms with van der Waals surface area (Å²) in [6.45, 7) is 7.82. The van der Waals surface area contributed by atoms with E-state index in [1.54, 1.807) is 6.07 Å². The molecule has 0 N–H and O–H groups in total. The van der Waals surface area contributed by atoms with Crippen LogP contribution in [0.5, 0.6) is 0 Å². The molecule has 6 heteroatoms. The highest BCUT2D eigenvalue weighted by Crippen LogP contribution is 2.37. The quantitative estimate of drug-likeness (QED) is 0.389. The van der Waals surface area contributed by atoms with E-state index in [0.29, 0.717) is 9.94 Å². The third kappa shape index (κ3) is 2.36. The molecule has 1 aliphatic heterocycles. The van der Waals surface area contributed by atoms with Crippen molar-refractivity contribution in [2.24, 2.45) is 0 Å². The topological polar surface area (TPSA) is 18.5 Å². The largest absolute Gasteiger partial charge is 0.498 e. The van der Waals surface area contributed by atoms with E-state index in [2.05, 4.69) is 38.5 Å². The molecule has 0 radical (unpaired) electrons. The van der Waals surface area contributed by atoms with E-state index >= 15 is 0 Å². The molecule has 0 aromatic heterocycles. The van der Waals surface area contributed by atoms with Gasteiger partial charge in [-0.1, -0.05) is 0 Å². The summed E-state index contributed by atoms with van der Waals surface area (Å²) in [5.74, 6) is -0.319. The van der Waals surface area contributed by atoms with E-state index in [1.165, 1.54) is 0 Å². The van der Waals surface area contributed by atoms with Gasteiger partial charge in [-0.15, -0.1) is 0 Å². The van der Waals surface area contributed by atoms with Crippen molar-refractivity contribution in [3.05, 3.63) is 26.0 Å². The second kappa shape index (κ2) is 4.72.